The Labute approximate surface area is 152 Å². The fourth-order valence-corrected chi connectivity index (χ4v) is 4.84. The van der Waals surface area contributed by atoms with Crippen molar-refractivity contribution in [2.75, 3.05) is 13.1 Å². The molecule has 1 aliphatic rings. The van der Waals surface area contributed by atoms with Crippen molar-refractivity contribution in [3.05, 3.63) is 65.7 Å². The van der Waals surface area contributed by atoms with Crippen LogP contribution in [0.3, 0.4) is 0 Å². The Bertz CT molecular complexity index is 924. The highest BCUT2D eigenvalue weighted by Crippen LogP contribution is 2.27. The van der Waals surface area contributed by atoms with E-state index in [0.717, 1.165) is 0 Å². The minimum absolute atomic E-state index is 0.0778. The minimum atomic E-state index is -3.96. The highest BCUT2D eigenvalue weighted by Gasteiger charge is 2.35. The molecule has 3 rings (SSSR count). The first kappa shape index (κ1) is 18.3. The number of nitrogens with zero attached hydrogens (tertiary/aromatic N) is 1. The standard InChI is InChI=1S/C19H19NO5S/c21-18(14-7-2-1-3-8-14)16-10-4-5-11-17(16)26(24,25)20-12-6-9-15(13-20)19(22)23/h1-5,7-8,10-11,15H,6,9,12-13H2,(H,22,23). The number of piperidine rings is 1. The SMILES string of the molecule is O=C(c1ccccc1)c1ccccc1S(=O)(=O)N1CCCC(C(=O)O)C1. The summed E-state index contributed by atoms with van der Waals surface area (Å²) in [5, 5.41) is 9.21. The minimum Gasteiger partial charge on any atom is -0.481 e. The monoisotopic (exact) mass is 373 g/mol. The molecule has 2 aromatic rings. The zero-order chi connectivity index (χ0) is 18.7. The Balaban J connectivity index is 1.99. The van der Waals surface area contributed by atoms with E-state index in [4.69, 9.17) is 0 Å². The van der Waals surface area contributed by atoms with Gasteiger partial charge in [0.2, 0.25) is 10.0 Å². The van der Waals surface area contributed by atoms with Gasteiger partial charge in [0.15, 0.2) is 5.78 Å². The summed E-state index contributed by atoms with van der Waals surface area (Å²) in [6.07, 6.45) is 0.928. The van der Waals surface area contributed by atoms with Gasteiger partial charge in [-0.2, -0.15) is 4.31 Å². The molecule has 0 saturated carbocycles. The van der Waals surface area contributed by atoms with Gasteiger partial charge >= 0.3 is 5.97 Å². The summed E-state index contributed by atoms with van der Waals surface area (Å²) in [4.78, 5) is 24.0. The molecule has 1 unspecified atom stereocenters. The molecule has 7 heteroatoms. The van der Waals surface area contributed by atoms with Gasteiger partial charge in [0.05, 0.1) is 10.8 Å². The first-order chi connectivity index (χ1) is 12.4. The topological polar surface area (TPSA) is 91.8 Å². The number of sulfonamides is 1. The molecule has 1 N–H and O–H groups in total. The van der Waals surface area contributed by atoms with Crippen LogP contribution in [0.2, 0.25) is 0 Å². The molecule has 1 saturated heterocycles. The second-order valence-corrected chi connectivity index (χ2v) is 8.14. The van der Waals surface area contributed by atoms with Crippen molar-refractivity contribution in [2.45, 2.75) is 17.7 Å². The van der Waals surface area contributed by atoms with E-state index in [0.29, 0.717) is 18.4 Å². The van der Waals surface area contributed by atoms with E-state index >= 15 is 0 Å². The van der Waals surface area contributed by atoms with Crippen LogP contribution in [-0.2, 0) is 14.8 Å². The maximum absolute atomic E-state index is 13.1. The molecular formula is C19H19NO5S. The molecule has 6 nitrogen and oxygen atoms in total. The molecule has 1 atom stereocenters. The third kappa shape index (κ3) is 3.54. The van der Waals surface area contributed by atoms with Gasteiger partial charge in [0.1, 0.15) is 0 Å². The van der Waals surface area contributed by atoms with Crippen LogP contribution in [0.4, 0.5) is 0 Å². The molecule has 1 fully saturated rings. The van der Waals surface area contributed by atoms with Gasteiger partial charge in [-0.3, -0.25) is 9.59 Å². The van der Waals surface area contributed by atoms with Crippen molar-refractivity contribution < 1.29 is 23.1 Å². The van der Waals surface area contributed by atoms with Gasteiger partial charge in [-0.05, 0) is 25.0 Å². The van der Waals surface area contributed by atoms with Crippen LogP contribution in [0.5, 0.6) is 0 Å². The number of carboxylic acid groups (broad SMARTS) is 1. The highest BCUT2D eigenvalue weighted by atomic mass is 32.2. The number of carbonyl (C=O) groups is 2. The highest BCUT2D eigenvalue weighted by molar-refractivity contribution is 7.89. The largest absolute Gasteiger partial charge is 0.481 e. The number of benzene rings is 2. The Morgan fingerprint density at radius 1 is 1.00 bits per heavy atom. The summed E-state index contributed by atoms with van der Waals surface area (Å²) >= 11 is 0. The Hall–Kier alpha value is -2.51. The lowest BCUT2D eigenvalue weighted by molar-refractivity contribution is -0.142. The molecule has 0 amide bonds. The molecule has 136 valence electrons. The first-order valence-corrected chi connectivity index (χ1v) is 9.77. The molecule has 26 heavy (non-hydrogen) atoms. The van der Waals surface area contributed by atoms with Crippen LogP contribution in [0.15, 0.2) is 59.5 Å². The average Bonchev–Trinajstić information content (AvgIpc) is 2.68. The quantitative estimate of drug-likeness (QED) is 0.813. The molecule has 1 heterocycles. The number of ketones is 1. The Morgan fingerprint density at radius 2 is 1.65 bits per heavy atom. The smallest absolute Gasteiger partial charge is 0.307 e. The van der Waals surface area contributed by atoms with Crippen LogP contribution < -0.4 is 0 Å². The zero-order valence-electron chi connectivity index (χ0n) is 14.0. The number of rotatable bonds is 5. The van der Waals surface area contributed by atoms with Gasteiger partial charge in [-0.1, -0.05) is 42.5 Å². The number of aliphatic carboxylic acids is 1. The summed E-state index contributed by atoms with van der Waals surface area (Å²) in [6.45, 7) is 0.172. The lowest BCUT2D eigenvalue weighted by Gasteiger charge is -2.30. The average molecular weight is 373 g/mol. The molecule has 1 aliphatic heterocycles. The predicted molar refractivity (Wildman–Crippen MR) is 95.4 cm³/mol. The van der Waals surface area contributed by atoms with Crippen LogP contribution in [0.25, 0.3) is 0 Å². The fourth-order valence-electron chi connectivity index (χ4n) is 3.13. The van der Waals surface area contributed by atoms with Crippen molar-refractivity contribution in [1.82, 2.24) is 4.31 Å². The van der Waals surface area contributed by atoms with E-state index in [1.165, 1.54) is 16.4 Å². The van der Waals surface area contributed by atoms with E-state index in [2.05, 4.69) is 0 Å². The normalized spacial score (nSPS) is 18.4. The molecule has 0 radical (unpaired) electrons. The Morgan fingerprint density at radius 3 is 2.35 bits per heavy atom. The first-order valence-electron chi connectivity index (χ1n) is 8.33. The van der Waals surface area contributed by atoms with Gasteiger partial charge < -0.3 is 5.11 Å². The Kier molecular flexibility index (Phi) is 5.20. The van der Waals surface area contributed by atoms with Crippen LogP contribution in [0.1, 0.15) is 28.8 Å². The van der Waals surface area contributed by atoms with Crippen molar-refractivity contribution in [3.8, 4) is 0 Å². The zero-order valence-corrected chi connectivity index (χ0v) is 14.9. The van der Waals surface area contributed by atoms with Gasteiger partial charge in [0, 0.05) is 24.2 Å². The summed E-state index contributed by atoms with van der Waals surface area (Å²) in [7, 11) is -3.96. The molecule has 0 bridgehead atoms. The molecule has 2 aromatic carbocycles. The van der Waals surface area contributed by atoms with Crippen molar-refractivity contribution in [2.24, 2.45) is 5.92 Å². The second kappa shape index (κ2) is 7.39. The van der Waals surface area contributed by atoms with E-state index in [-0.39, 0.29) is 29.3 Å². The summed E-state index contributed by atoms with van der Waals surface area (Å²) in [5.74, 6) is -2.11. The van der Waals surface area contributed by atoms with Crippen molar-refractivity contribution >= 4 is 21.8 Å². The van der Waals surface area contributed by atoms with Gasteiger partial charge in [-0.25, -0.2) is 8.42 Å². The maximum atomic E-state index is 13.1. The van der Waals surface area contributed by atoms with Gasteiger partial charge in [0.25, 0.3) is 0 Å². The lowest BCUT2D eigenvalue weighted by Crippen LogP contribution is -2.42. The van der Waals surface area contributed by atoms with E-state index in [1.54, 1.807) is 42.5 Å². The fraction of sp³-hybridized carbons (Fsp3) is 0.263. The molecule has 0 spiro atoms. The summed E-state index contributed by atoms with van der Waals surface area (Å²) in [6, 6.07) is 14.5. The van der Waals surface area contributed by atoms with Crippen molar-refractivity contribution in [1.29, 1.82) is 0 Å². The van der Waals surface area contributed by atoms with Crippen LogP contribution in [0, 0.1) is 5.92 Å². The van der Waals surface area contributed by atoms with Crippen LogP contribution in [-0.4, -0.2) is 42.7 Å². The van der Waals surface area contributed by atoms with E-state index in [9.17, 15) is 23.1 Å². The van der Waals surface area contributed by atoms with Gasteiger partial charge in [-0.15, -0.1) is 0 Å². The maximum Gasteiger partial charge on any atom is 0.307 e. The number of hydrogen-bond donors (Lipinski definition) is 1. The van der Waals surface area contributed by atoms with Crippen molar-refractivity contribution in [3.63, 3.8) is 0 Å². The summed E-state index contributed by atoms with van der Waals surface area (Å²) < 4.78 is 27.4. The third-order valence-electron chi connectivity index (χ3n) is 4.52. The molecular weight excluding hydrogens is 354 g/mol. The van der Waals surface area contributed by atoms with Crippen LogP contribution >= 0.6 is 0 Å². The number of hydrogen-bond acceptors (Lipinski definition) is 4. The molecule has 0 aromatic heterocycles. The lowest BCUT2D eigenvalue weighted by atomic mass is 10.0. The second-order valence-electron chi connectivity index (χ2n) is 6.23. The number of carbonyl (C=O) groups excluding carboxylic acids is 1. The third-order valence-corrected chi connectivity index (χ3v) is 6.44. The van der Waals surface area contributed by atoms with E-state index < -0.39 is 21.9 Å². The summed E-state index contributed by atoms with van der Waals surface area (Å²) in [5.41, 5.74) is 0.494. The number of carboxylic acids is 1. The van der Waals surface area contributed by atoms with E-state index in [1.807, 2.05) is 0 Å². The molecule has 0 aliphatic carbocycles. The predicted octanol–water partition coefficient (Wildman–Crippen LogP) is 2.40.